The maximum atomic E-state index is 13.7. The van der Waals surface area contributed by atoms with Crippen molar-refractivity contribution in [2.24, 2.45) is 0 Å². The number of nitrogen functional groups attached to an aromatic ring is 1. The van der Waals surface area contributed by atoms with Gasteiger partial charge in [0.25, 0.3) is 0 Å². The summed E-state index contributed by atoms with van der Waals surface area (Å²) in [5, 5.41) is 4.70. The lowest BCUT2D eigenvalue weighted by Crippen LogP contribution is -2.55. The van der Waals surface area contributed by atoms with Crippen LogP contribution in [0.15, 0.2) is 42.7 Å². The molecule has 2 aromatic heterocycles. The Hall–Kier alpha value is -3.33. The van der Waals surface area contributed by atoms with Crippen molar-refractivity contribution in [1.82, 2.24) is 24.6 Å². The Morgan fingerprint density at radius 2 is 2.16 bits per heavy atom. The quantitative estimate of drug-likeness (QED) is 0.605. The number of piperazine rings is 1. The van der Waals surface area contributed by atoms with Crippen LogP contribution < -0.4 is 15.4 Å². The summed E-state index contributed by atoms with van der Waals surface area (Å²) < 4.78 is 21.3. The zero-order valence-corrected chi connectivity index (χ0v) is 18.3. The van der Waals surface area contributed by atoms with Crippen LogP contribution in [-0.4, -0.2) is 56.9 Å². The van der Waals surface area contributed by atoms with Gasteiger partial charge in [-0.3, -0.25) is 0 Å². The summed E-state index contributed by atoms with van der Waals surface area (Å²) in [6.07, 6.45) is 6.80. The molecule has 1 unspecified atom stereocenters. The minimum Gasteiger partial charge on any atom is -0.489 e. The van der Waals surface area contributed by atoms with E-state index in [0.29, 0.717) is 12.4 Å². The number of hydrogen-bond acceptors (Lipinski definition) is 7. The molecule has 2 aliphatic rings. The normalized spacial score (nSPS) is 17.9. The van der Waals surface area contributed by atoms with E-state index < -0.39 is 0 Å². The first-order chi connectivity index (χ1) is 15.5. The molecule has 2 N–H and O–H groups in total. The van der Waals surface area contributed by atoms with Gasteiger partial charge < -0.3 is 20.3 Å². The van der Waals surface area contributed by atoms with Crippen LogP contribution in [0, 0.1) is 12.7 Å². The third-order valence-electron chi connectivity index (χ3n) is 5.86. The summed E-state index contributed by atoms with van der Waals surface area (Å²) in [5.74, 6) is 1.17. The smallest absolute Gasteiger partial charge is 0.223 e. The molecule has 166 valence electrons. The molecule has 5 rings (SSSR count). The molecule has 4 heterocycles. The summed E-state index contributed by atoms with van der Waals surface area (Å²) in [4.78, 5) is 12.6. The van der Waals surface area contributed by atoms with Crippen molar-refractivity contribution in [2.75, 3.05) is 36.9 Å². The van der Waals surface area contributed by atoms with Crippen molar-refractivity contribution >= 4 is 23.2 Å². The Labute approximate surface area is 190 Å². The van der Waals surface area contributed by atoms with Crippen LogP contribution in [0.1, 0.15) is 11.3 Å². The highest BCUT2D eigenvalue weighted by Crippen LogP contribution is 2.35. The van der Waals surface area contributed by atoms with Gasteiger partial charge in [0.05, 0.1) is 17.9 Å². The van der Waals surface area contributed by atoms with Gasteiger partial charge in [-0.05, 0) is 37.2 Å². The second-order valence-electron chi connectivity index (χ2n) is 7.93. The first-order valence-electron chi connectivity index (χ1n) is 10.4. The fourth-order valence-corrected chi connectivity index (χ4v) is 4.42. The number of hydrogen-bond donors (Lipinski definition) is 1. The molecule has 1 atom stereocenters. The molecule has 32 heavy (non-hydrogen) atoms. The predicted molar refractivity (Wildman–Crippen MR) is 121 cm³/mol. The number of rotatable bonds is 4. The average Bonchev–Trinajstić information content (AvgIpc) is 3.13. The predicted octanol–water partition coefficient (Wildman–Crippen LogP) is 2.98. The summed E-state index contributed by atoms with van der Waals surface area (Å²) in [6.45, 7) is 5.08. The van der Waals surface area contributed by atoms with E-state index in [1.54, 1.807) is 22.9 Å². The summed E-state index contributed by atoms with van der Waals surface area (Å²) in [7, 11) is 0. The van der Waals surface area contributed by atoms with E-state index in [1.165, 1.54) is 6.07 Å². The molecule has 8 nitrogen and oxygen atoms in total. The van der Waals surface area contributed by atoms with Crippen LogP contribution in [0.5, 0.6) is 5.75 Å². The fourth-order valence-electron chi connectivity index (χ4n) is 4.23. The van der Waals surface area contributed by atoms with E-state index >= 15 is 0 Å². The molecule has 1 fully saturated rings. The molecule has 0 aliphatic carbocycles. The molecular formula is C22H23ClFN7O. The molecule has 10 heteroatoms. The largest absolute Gasteiger partial charge is 0.489 e. The third-order valence-corrected chi connectivity index (χ3v) is 6.05. The monoisotopic (exact) mass is 455 g/mol. The summed E-state index contributed by atoms with van der Waals surface area (Å²) >= 11 is 5.99. The second kappa shape index (κ2) is 8.31. The van der Waals surface area contributed by atoms with Crippen molar-refractivity contribution in [2.45, 2.75) is 19.4 Å². The van der Waals surface area contributed by atoms with Gasteiger partial charge in [-0.15, -0.1) is 0 Å². The van der Waals surface area contributed by atoms with Crippen molar-refractivity contribution in [3.05, 3.63) is 65.0 Å². The fraction of sp³-hybridized carbons (Fsp3) is 0.318. The van der Waals surface area contributed by atoms with E-state index in [1.807, 2.05) is 13.1 Å². The number of nitrogens with zero attached hydrogens (tertiary/aromatic N) is 6. The number of anilines is 2. The van der Waals surface area contributed by atoms with Gasteiger partial charge >= 0.3 is 0 Å². The maximum Gasteiger partial charge on any atom is 0.223 e. The number of ether oxygens (including phenoxy) is 1. The van der Waals surface area contributed by atoms with E-state index in [9.17, 15) is 4.39 Å². The van der Waals surface area contributed by atoms with Crippen LogP contribution in [0.2, 0.25) is 5.15 Å². The van der Waals surface area contributed by atoms with Gasteiger partial charge in [0.2, 0.25) is 5.95 Å². The Morgan fingerprint density at radius 1 is 1.28 bits per heavy atom. The van der Waals surface area contributed by atoms with Crippen LogP contribution in [-0.2, 0) is 6.42 Å². The molecule has 1 saturated heterocycles. The van der Waals surface area contributed by atoms with Crippen LogP contribution in [0.25, 0.3) is 5.82 Å². The van der Waals surface area contributed by atoms with Crippen molar-refractivity contribution in [3.8, 4) is 11.6 Å². The van der Waals surface area contributed by atoms with Gasteiger partial charge in [-0.2, -0.15) is 10.1 Å². The van der Waals surface area contributed by atoms with E-state index in [2.05, 4.69) is 37.1 Å². The zero-order valence-electron chi connectivity index (χ0n) is 17.6. The first-order valence-corrected chi connectivity index (χ1v) is 10.8. The highest BCUT2D eigenvalue weighted by molar-refractivity contribution is 6.29. The van der Waals surface area contributed by atoms with E-state index in [4.69, 9.17) is 22.1 Å². The number of fused-ring (bicyclic) bond motifs is 3. The summed E-state index contributed by atoms with van der Waals surface area (Å²) in [5.41, 5.74) is 8.59. The van der Waals surface area contributed by atoms with E-state index in [-0.39, 0.29) is 23.0 Å². The zero-order chi connectivity index (χ0) is 22.2. The SMILES string of the molecule is Cc1c(C/C=C/N2CCN3c4cc(F)ccc4OCC3C2)cnn1-c1cc(Cl)nc(N)n1. The molecule has 0 bridgehead atoms. The average molecular weight is 456 g/mol. The molecule has 3 aromatic rings. The molecule has 0 spiro atoms. The Morgan fingerprint density at radius 3 is 3.00 bits per heavy atom. The van der Waals surface area contributed by atoms with Gasteiger partial charge in [-0.1, -0.05) is 17.7 Å². The van der Waals surface area contributed by atoms with Gasteiger partial charge in [0.15, 0.2) is 5.82 Å². The standard InChI is InChI=1S/C22H23ClFN7O/c1-14-15(11-26-31(14)21-10-20(23)27-22(25)28-21)3-2-6-29-7-8-30-17(12-29)13-32-19-5-4-16(24)9-18(19)30/h2,4-6,9-11,17H,3,7-8,12-13H2,1H3,(H2,25,27,28)/b6-2+. The van der Waals surface area contributed by atoms with Crippen LogP contribution in [0.3, 0.4) is 0 Å². The third kappa shape index (κ3) is 3.95. The lowest BCUT2D eigenvalue weighted by molar-refractivity contribution is 0.200. The number of allylic oxidation sites excluding steroid dienone is 1. The Kier molecular flexibility index (Phi) is 5.34. The van der Waals surface area contributed by atoms with Crippen molar-refractivity contribution < 1.29 is 9.13 Å². The van der Waals surface area contributed by atoms with E-state index in [0.717, 1.165) is 48.7 Å². The topological polar surface area (TPSA) is 85.3 Å². The summed E-state index contributed by atoms with van der Waals surface area (Å²) in [6, 6.07) is 6.54. The number of benzene rings is 1. The Bertz CT molecular complexity index is 1160. The van der Waals surface area contributed by atoms with Gasteiger partial charge in [-0.25, -0.2) is 14.1 Å². The molecule has 0 saturated carbocycles. The lowest BCUT2D eigenvalue weighted by atomic mass is 10.1. The molecule has 0 amide bonds. The van der Waals surface area contributed by atoms with Crippen LogP contribution >= 0.6 is 11.6 Å². The minimum atomic E-state index is -0.238. The number of halogens is 2. The molecular weight excluding hydrogens is 433 g/mol. The maximum absolute atomic E-state index is 13.7. The highest BCUT2D eigenvalue weighted by Gasteiger charge is 2.32. The second-order valence-corrected chi connectivity index (χ2v) is 8.32. The molecule has 2 aliphatic heterocycles. The van der Waals surface area contributed by atoms with Crippen molar-refractivity contribution in [3.63, 3.8) is 0 Å². The Balaban J connectivity index is 1.24. The van der Waals surface area contributed by atoms with Gasteiger partial charge in [0.1, 0.15) is 23.3 Å². The number of aromatic nitrogens is 4. The molecule has 0 radical (unpaired) electrons. The highest BCUT2D eigenvalue weighted by atomic mass is 35.5. The minimum absolute atomic E-state index is 0.111. The first kappa shape index (κ1) is 20.6. The lowest BCUT2D eigenvalue weighted by Gasteiger charge is -2.45. The number of nitrogens with two attached hydrogens (primary N) is 1. The van der Waals surface area contributed by atoms with Crippen molar-refractivity contribution in [1.29, 1.82) is 0 Å². The molecule has 1 aromatic carbocycles. The van der Waals surface area contributed by atoms with Crippen LogP contribution in [0.4, 0.5) is 16.0 Å². The van der Waals surface area contributed by atoms with Gasteiger partial charge in [0, 0.05) is 37.5 Å².